The smallest absolute Gasteiger partial charge is 0.266 e. The molecule has 2 aliphatic heterocycles. The summed E-state index contributed by atoms with van der Waals surface area (Å²) in [7, 11) is 0. The number of carbonyl (C=O) groups is 2. The number of rotatable bonds is 3. The summed E-state index contributed by atoms with van der Waals surface area (Å²) < 4.78 is 0. The molecule has 27 heavy (non-hydrogen) atoms. The van der Waals surface area contributed by atoms with E-state index in [2.05, 4.69) is 4.99 Å². The highest BCUT2D eigenvalue weighted by molar-refractivity contribution is 6.20. The van der Waals surface area contributed by atoms with Crippen LogP contribution in [0.1, 0.15) is 24.0 Å². The zero-order chi connectivity index (χ0) is 18.8. The Morgan fingerprint density at radius 3 is 2.44 bits per heavy atom. The molecule has 6 heteroatoms. The summed E-state index contributed by atoms with van der Waals surface area (Å²) >= 11 is 0. The lowest BCUT2D eigenvalue weighted by atomic mass is 10.0. The minimum Gasteiger partial charge on any atom is -0.341 e. The maximum atomic E-state index is 13.0. The van der Waals surface area contributed by atoms with Gasteiger partial charge in [0.25, 0.3) is 5.91 Å². The van der Waals surface area contributed by atoms with E-state index in [1.54, 1.807) is 0 Å². The van der Waals surface area contributed by atoms with Gasteiger partial charge in [-0.25, -0.2) is 0 Å². The minimum absolute atomic E-state index is 0.0128. The molecule has 1 fully saturated rings. The Bertz CT molecular complexity index is 888. The van der Waals surface area contributed by atoms with Gasteiger partial charge in [-0.2, -0.15) is 0 Å². The van der Waals surface area contributed by atoms with Gasteiger partial charge in [0.2, 0.25) is 5.91 Å². The van der Waals surface area contributed by atoms with Crippen molar-refractivity contribution in [1.82, 2.24) is 4.90 Å². The summed E-state index contributed by atoms with van der Waals surface area (Å²) in [6.07, 6.45) is 0.979. The van der Waals surface area contributed by atoms with Crippen LogP contribution >= 0.6 is 0 Å². The molecule has 1 atom stereocenters. The van der Waals surface area contributed by atoms with Gasteiger partial charge >= 0.3 is 0 Å². The maximum Gasteiger partial charge on any atom is 0.266 e. The predicted molar refractivity (Wildman–Crippen MR) is 105 cm³/mol. The number of para-hydroxylation sites is 1. The van der Waals surface area contributed by atoms with Gasteiger partial charge in [0.05, 0.1) is 11.4 Å². The van der Waals surface area contributed by atoms with Crippen LogP contribution in [0.15, 0.2) is 59.6 Å². The fraction of sp³-hybridized carbons (Fsp3) is 0.286. The molecular formula is C21H22N4O2. The van der Waals surface area contributed by atoms with Crippen LogP contribution in [0.4, 0.5) is 5.69 Å². The molecule has 0 aromatic heterocycles. The molecule has 6 nitrogen and oxygen atoms in total. The van der Waals surface area contributed by atoms with E-state index in [0.29, 0.717) is 11.4 Å². The number of fused-ring (bicyclic) bond motifs is 1. The second-order valence-corrected chi connectivity index (χ2v) is 6.82. The van der Waals surface area contributed by atoms with E-state index in [-0.39, 0.29) is 18.4 Å². The molecule has 2 aromatic rings. The molecule has 2 aliphatic rings. The molecule has 0 aliphatic carbocycles. The van der Waals surface area contributed by atoms with Crippen molar-refractivity contribution < 1.29 is 9.59 Å². The SMILES string of the molecule is NC1N=C(c2ccccc2)c2ccccc2N(CC(=O)N2CCCC2)C1=O. The predicted octanol–water partition coefficient (Wildman–Crippen LogP) is 1.78. The highest BCUT2D eigenvalue weighted by Gasteiger charge is 2.32. The van der Waals surface area contributed by atoms with Crippen molar-refractivity contribution in [3.63, 3.8) is 0 Å². The van der Waals surface area contributed by atoms with Crippen molar-refractivity contribution in [3.05, 3.63) is 65.7 Å². The first kappa shape index (κ1) is 17.4. The first-order valence-corrected chi connectivity index (χ1v) is 9.22. The zero-order valence-electron chi connectivity index (χ0n) is 15.0. The van der Waals surface area contributed by atoms with E-state index in [1.165, 1.54) is 4.90 Å². The molecule has 1 unspecified atom stereocenters. The van der Waals surface area contributed by atoms with Crippen molar-refractivity contribution in [2.24, 2.45) is 10.7 Å². The zero-order valence-corrected chi connectivity index (χ0v) is 15.0. The van der Waals surface area contributed by atoms with Gasteiger partial charge in [-0.1, -0.05) is 48.5 Å². The van der Waals surface area contributed by atoms with Crippen LogP contribution in [0.2, 0.25) is 0 Å². The lowest BCUT2D eigenvalue weighted by molar-refractivity contribution is -0.130. The summed E-state index contributed by atoms with van der Waals surface area (Å²) in [4.78, 5) is 33.5. The highest BCUT2D eigenvalue weighted by Crippen LogP contribution is 2.28. The number of benzodiazepines with no additional fused rings is 1. The summed E-state index contributed by atoms with van der Waals surface area (Å²) in [5.74, 6) is -0.410. The molecule has 2 amide bonds. The molecular weight excluding hydrogens is 340 g/mol. The van der Waals surface area contributed by atoms with Crippen LogP contribution in [0.5, 0.6) is 0 Å². The van der Waals surface area contributed by atoms with Crippen LogP contribution in [-0.2, 0) is 9.59 Å². The Kier molecular flexibility index (Phi) is 4.73. The van der Waals surface area contributed by atoms with Crippen LogP contribution in [0.3, 0.4) is 0 Å². The molecule has 0 saturated carbocycles. The molecule has 2 heterocycles. The third-order valence-electron chi connectivity index (χ3n) is 5.04. The summed E-state index contributed by atoms with van der Waals surface area (Å²) in [5, 5.41) is 0. The summed E-state index contributed by atoms with van der Waals surface area (Å²) in [5.41, 5.74) is 9.14. The fourth-order valence-corrected chi connectivity index (χ4v) is 3.64. The first-order chi connectivity index (χ1) is 13.1. The van der Waals surface area contributed by atoms with Gasteiger partial charge < -0.3 is 10.6 Å². The number of hydrogen-bond donors (Lipinski definition) is 1. The third kappa shape index (κ3) is 3.36. The van der Waals surface area contributed by atoms with E-state index in [0.717, 1.165) is 37.1 Å². The van der Waals surface area contributed by atoms with Crippen LogP contribution in [0.25, 0.3) is 0 Å². The van der Waals surface area contributed by atoms with Crippen molar-refractivity contribution in [1.29, 1.82) is 0 Å². The van der Waals surface area contributed by atoms with E-state index in [1.807, 2.05) is 59.5 Å². The second kappa shape index (κ2) is 7.32. The molecule has 2 aromatic carbocycles. The number of benzene rings is 2. The number of hydrogen-bond acceptors (Lipinski definition) is 4. The van der Waals surface area contributed by atoms with Crippen molar-refractivity contribution >= 4 is 23.2 Å². The van der Waals surface area contributed by atoms with Crippen LogP contribution in [-0.4, -0.2) is 48.2 Å². The van der Waals surface area contributed by atoms with Crippen LogP contribution < -0.4 is 10.6 Å². The first-order valence-electron chi connectivity index (χ1n) is 9.22. The highest BCUT2D eigenvalue weighted by atomic mass is 16.2. The molecule has 0 radical (unpaired) electrons. The standard InChI is InChI=1S/C21H22N4O2/c22-20-21(27)25(14-18(26)24-12-6-7-13-24)17-11-5-4-10-16(17)19(23-20)15-8-2-1-3-9-15/h1-5,8-11,20H,6-7,12-14,22H2. The van der Waals surface area contributed by atoms with Gasteiger partial charge in [0.15, 0.2) is 6.17 Å². The average Bonchev–Trinajstić information content (AvgIpc) is 3.22. The van der Waals surface area contributed by atoms with E-state index >= 15 is 0 Å². The molecule has 2 N–H and O–H groups in total. The topological polar surface area (TPSA) is 79.0 Å². The van der Waals surface area contributed by atoms with Crippen molar-refractivity contribution in [2.45, 2.75) is 19.0 Å². The van der Waals surface area contributed by atoms with Gasteiger partial charge in [0, 0.05) is 24.2 Å². The Hall–Kier alpha value is -2.99. The number of nitrogens with two attached hydrogens (primary N) is 1. The minimum atomic E-state index is -1.04. The summed E-state index contributed by atoms with van der Waals surface area (Å²) in [6.45, 7) is 1.49. The van der Waals surface area contributed by atoms with E-state index in [4.69, 9.17) is 5.73 Å². The summed E-state index contributed by atoms with van der Waals surface area (Å²) in [6, 6.07) is 17.2. The molecule has 0 bridgehead atoms. The molecule has 4 rings (SSSR count). The Morgan fingerprint density at radius 2 is 1.70 bits per heavy atom. The van der Waals surface area contributed by atoms with Gasteiger partial charge in [-0.3, -0.25) is 19.5 Å². The molecule has 1 saturated heterocycles. The Labute approximate surface area is 158 Å². The lowest BCUT2D eigenvalue weighted by Crippen LogP contribution is -2.47. The number of amides is 2. The van der Waals surface area contributed by atoms with Crippen LogP contribution in [0, 0.1) is 0 Å². The number of anilines is 1. The van der Waals surface area contributed by atoms with Gasteiger partial charge in [-0.15, -0.1) is 0 Å². The maximum absolute atomic E-state index is 13.0. The Morgan fingerprint density at radius 1 is 1.04 bits per heavy atom. The molecule has 0 spiro atoms. The normalized spacial score (nSPS) is 19.5. The fourth-order valence-electron chi connectivity index (χ4n) is 3.64. The quantitative estimate of drug-likeness (QED) is 0.904. The lowest BCUT2D eigenvalue weighted by Gasteiger charge is -2.26. The Balaban J connectivity index is 1.75. The van der Waals surface area contributed by atoms with Gasteiger partial charge in [-0.05, 0) is 18.9 Å². The van der Waals surface area contributed by atoms with E-state index in [9.17, 15) is 9.59 Å². The largest absolute Gasteiger partial charge is 0.341 e. The monoisotopic (exact) mass is 362 g/mol. The average molecular weight is 362 g/mol. The number of nitrogens with zero attached hydrogens (tertiary/aromatic N) is 3. The van der Waals surface area contributed by atoms with Gasteiger partial charge in [0.1, 0.15) is 6.54 Å². The second-order valence-electron chi connectivity index (χ2n) is 6.82. The molecule has 138 valence electrons. The van der Waals surface area contributed by atoms with Crippen molar-refractivity contribution in [2.75, 3.05) is 24.5 Å². The number of carbonyl (C=O) groups excluding carboxylic acids is 2. The number of likely N-dealkylation sites (tertiary alicyclic amines) is 1. The number of aliphatic imine (C=N–C) groups is 1. The van der Waals surface area contributed by atoms with E-state index < -0.39 is 6.17 Å². The van der Waals surface area contributed by atoms with Crippen molar-refractivity contribution in [3.8, 4) is 0 Å². The third-order valence-corrected chi connectivity index (χ3v) is 5.04.